The van der Waals surface area contributed by atoms with Gasteiger partial charge < -0.3 is 10.2 Å². The Balaban J connectivity index is 1.68. The number of amides is 2. The van der Waals surface area contributed by atoms with Crippen molar-refractivity contribution in [3.63, 3.8) is 0 Å². The molecular formula is C17H20N4O2S. The lowest BCUT2D eigenvalue weighted by Crippen LogP contribution is -2.24. The molecular weight excluding hydrogens is 324 g/mol. The fourth-order valence-electron chi connectivity index (χ4n) is 2.59. The maximum Gasteiger partial charge on any atom is 0.229 e. The van der Waals surface area contributed by atoms with Gasteiger partial charge in [-0.3, -0.25) is 9.59 Å². The minimum atomic E-state index is -0.0565. The van der Waals surface area contributed by atoms with Crippen molar-refractivity contribution in [1.82, 2.24) is 10.2 Å². The highest BCUT2D eigenvalue weighted by molar-refractivity contribution is 7.15. The van der Waals surface area contributed by atoms with E-state index in [2.05, 4.69) is 15.5 Å². The van der Waals surface area contributed by atoms with Gasteiger partial charge in [-0.05, 0) is 18.6 Å². The molecule has 0 aliphatic carbocycles. The number of hydrogen-bond donors (Lipinski definition) is 1. The molecule has 1 N–H and O–H groups in total. The minimum Gasteiger partial charge on any atom is -0.312 e. The van der Waals surface area contributed by atoms with Crippen LogP contribution >= 0.6 is 11.3 Å². The fourth-order valence-corrected chi connectivity index (χ4v) is 3.43. The second-order valence-corrected chi connectivity index (χ2v) is 6.99. The molecule has 0 saturated carbocycles. The quantitative estimate of drug-likeness (QED) is 0.904. The summed E-state index contributed by atoms with van der Waals surface area (Å²) < 4.78 is 0. The van der Waals surface area contributed by atoms with Gasteiger partial charge in [-0.25, -0.2) is 0 Å². The molecule has 1 aromatic carbocycles. The molecule has 24 heavy (non-hydrogen) atoms. The largest absolute Gasteiger partial charge is 0.312 e. The summed E-state index contributed by atoms with van der Waals surface area (Å²) in [5.41, 5.74) is 0.903. The molecule has 1 fully saturated rings. The standard InChI is InChI=1S/C17H20N4O2S/c1-3-11(2)15(23)18-17-20-19-16(24-17)12-9-14(22)21(10-12)13-7-5-4-6-8-13/h4-8,11-12H,3,9-10H2,1-2H3,(H,18,20,23). The van der Waals surface area contributed by atoms with Crippen molar-refractivity contribution >= 4 is 34.0 Å². The van der Waals surface area contributed by atoms with Crippen LogP contribution in [0.4, 0.5) is 10.8 Å². The van der Waals surface area contributed by atoms with Gasteiger partial charge >= 0.3 is 0 Å². The van der Waals surface area contributed by atoms with E-state index >= 15 is 0 Å². The predicted octanol–water partition coefficient (Wildman–Crippen LogP) is 3.04. The summed E-state index contributed by atoms with van der Waals surface area (Å²) in [6.07, 6.45) is 1.20. The molecule has 1 aromatic heterocycles. The van der Waals surface area contributed by atoms with Gasteiger partial charge in [0.15, 0.2) is 0 Å². The van der Waals surface area contributed by atoms with Crippen LogP contribution < -0.4 is 10.2 Å². The molecule has 2 heterocycles. The Hall–Kier alpha value is -2.28. The molecule has 0 spiro atoms. The Morgan fingerprint density at radius 1 is 1.38 bits per heavy atom. The van der Waals surface area contributed by atoms with E-state index in [-0.39, 0.29) is 23.7 Å². The summed E-state index contributed by atoms with van der Waals surface area (Å²) >= 11 is 1.35. The Morgan fingerprint density at radius 3 is 2.83 bits per heavy atom. The molecule has 2 unspecified atom stereocenters. The Labute approximate surface area is 144 Å². The maximum absolute atomic E-state index is 12.3. The van der Waals surface area contributed by atoms with E-state index in [0.29, 0.717) is 18.1 Å². The van der Waals surface area contributed by atoms with E-state index in [9.17, 15) is 9.59 Å². The Bertz CT molecular complexity index is 731. The molecule has 126 valence electrons. The van der Waals surface area contributed by atoms with Gasteiger partial charge in [0.25, 0.3) is 0 Å². The first-order valence-corrected chi connectivity index (χ1v) is 8.89. The molecule has 6 nitrogen and oxygen atoms in total. The number of nitrogens with one attached hydrogen (secondary N) is 1. The van der Waals surface area contributed by atoms with Crippen LogP contribution in [-0.2, 0) is 9.59 Å². The van der Waals surface area contributed by atoms with Crippen LogP contribution in [0.15, 0.2) is 30.3 Å². The molecule has 1 aliphatic heterocycles. The zero-order valence-electron chi connectivity index (χ0n) is 13.7. The lowest BCUT2D eigenvalue weighted by Gasteiger charge is -2.15. The number of para-hydroxylation sites is 1. The van der Waals surface area contributed by atoms with Gasteiger partial charge in [-0.15, -0.1) is 10.2 Å². The van der Waals surface area contributed by atoms with Gasteiger partial charge in [0.2, 0.25) is 16.9 Å². The van der Waals surface area contributed by atoms with Gasteiger partial charge in [0.1, 0.15) is 5.01 Å². The summed E-state index contributed by atoms with van der Waals surface area (Å²) in [6, 6.07) is 9.63. The predicted molar refractivity (Wildman–Crippen MR) is 94.1 cm³/mol. The first kappa shape index (κ1) is 16.6. The third kappa shape index (κ3) is 3.46. The fraction of sp³-hybridized carbons (Fsp3) is 0.412. The lowest BCUT2D eigenvalue weighted by molar-refractivity contribution is -0.119. The molecule has 2 atom stereocenters. The van der Waals surface area contributed by atoms with Gasteiger partial charge in [-0.2, -0.15) is 0 Å². The Morgan fingerprint density at radius 2 is 2.12 bits per heavy atom. The number of nitrogens with zero attached hydrogens (tertiary/aromatic N) is 3. The van der Waals surface area contributed by atoms with Crippen molar-refractivity contribution in [1.29, 1.82) is 0 Å². The molecule has 3 rings (SSSR count). The first-order valence-electron chi connectivity index (χ1n) is 8.08. The van der Waals surface area contributed by atoms with Gasteiger partial charge in [0, 0.05) is 30.5 Å². The zero-order valence-corrected chi connectivity index (χ0v) is 14.5. The average Bonchev–Trinajstić information content (AvgIpc) is 3.21. The van der Waals surface area contributed by atoms with Crippen LogP contribution in [0.2, 0.25) is 0 Å². The van der Waals surface area contributed by atoms with Crippen LogP contribution in [0.1, 0.15) is 37.6 Å². The van der Waals surface area contributed by atoms with Crippen molar-refractivity contribution in [2.75, 3.05) is 16.8 Å². The molecule has 0 radical (unpaired) electrons. The zero-order chi connectivity index (χ0) is 17.1. The third-order valence-electron chi connectivity index (χ3n) is 4.27. The van der Waals surface area contributed by atoms with Crippen molar-refractivity contribution in [3.05, 3.63) is 35.3 Å². The summed E-state index contributed by atoms with van der Waals surface area (Å²) in [5, 5.41) is 12.3. The Kier molecular flexibility index (Phi) is 4.89. The normalized spacial score (nSPS) is 18.7. The summed E-state index contributed by atoms with van der Waals surface area (Å²) in [4.78, 5) is 26.0. The van der Waals surface area contributed by atoms with E-state index in [1.54, 1.807) is 4.90 Å². The molecule has 2 amide bonds. The number of aromatic nitrogens is 2. The SMILES string of the molecule is CCC(C)C(=O)Nc1nnc(C2CC(=O)N(c3ccccc3)C2)s1. The molecule has 0 bridgehead atoms. The van der Waals surface area contributed by atoms with Gasteiger partial charge in [-0.1, -0.05) is 43.4 Å². The molecule has 2 aromatic rings. The lowest BCUT2D eigenvalue weighted by atomic mass is 10.1. The van der Waals surface area contributed by atoms with Crippen molar-refractivity contribution in [2.24, 2.45) is 5.92 Å². The van der Waals surface area contributed by atoms with E-state index in [1.807, 2.05) is 44.2 Å². The van der Waals surface area contributed by atoms with E-state index in [4.69, 9.17) is 0 Å². The smallest absolute Gasteiger partial charge is 0.229 e. The van der Waals surface area contributed by atoms with Crippen LogP contribution in [0, 0.1) is 5.92 Å². The third-order valence-corrected chi connectivity index (χ3v) is 5.27. The maximum atomic E-state index is 12.3. The first-order chi connectivity index (χ1) is 11.6. The number of rotatable bonds is 5. The average molecular weight is 344 g/mol. The number of hydrogen-bond acceptors (Lipinski definition) is 5. The van der Waals surface area contributed by atoms with E-state index in [1.165, 1.54) is 11.3 Å². The summed E-state index contributed by atoms with van der Waals surface area (Å²) in [6.45, 7) is 4.44. The highest BCUT2D eigenvalue weighted by atomic mass is 32.1. The van der Waals surface area contributed by atoms with Crippen molar-refractivity contribution < 1.29 is 9.59 Å². The molecule has 1 aliphatic rings. The number of anilines is 2. The van der Waals surface area contributed by atoms with Crippen molar-refractivity contribution in [3.8, 4) is 0 Å². The molecule has 1 saturated heterocycles. The second kappa shape index (κ2) is 7.09. The van der Waals surface area contributed by atoms with Crippen LogP contribution in [0.3, 0.4) is 0 Å². The highest BCUT2D eigenvalue weighted by Gasteiger charge is 2.33. The second-order valence-electron chi connectivity index (χ2n) is 5.98. The summed E-state index contributed by atoms with van der Waals surface area (Å²) in [5.74, 6) is 0.00337. The van der Waals surface area contributed by atoms with E-state index < -0.39 is 0 Å². The van der Waals surface area contributed by atoms with Crippen LogP contribution in [0.5, 0.6) is 0 Å². The van der Waals surface area contributed by atoms with Crippen LogP contribution in [-0.4, -0.2) is 28.6 Å². The van der Waals surface area contributed by atoms with E-state index in [0.717, 1.165) is 17.1 Å². The van der Waals surface area contributed by atoms with Crippen molar-refractivity contribution in [2.45, 2.75) is 32.6 Å². The molecule has 7 heteroatoms. The van der Waals surface area contributed by atoms with Crippen LogP contribution in [0.25, 0.3) is 0 Å². The number of carbonyl (C=O) groups is 2. The number of carbonyl (C=O) groups excluding carboxylic acids is 2. The minimum absolute atomic E-state index is 0.0180. The van der Waals surface area contributed by atoms with Gasteiger partial charge in [0.05, 0.1) is 0 Å². The number of benzene rings is 1. The monoisotopic (exact) mass is 344 g/mol. The summed E-state index contributed by atoms with van der Waals surface area (Å²) in [7, 11) is 0. The topological polar surface area (TPSA) is 75.2 Å². The highest BCUT2D eigenvalue weighted by Crippen LogP contribution is 2.34.